The van der Waals surface area contributed by atoms with Gasteiger partial charge in [0.2, 0.25) is 5.82 Å². The second kappa shape index (κ2) is 4.04. The fraction of sp³-hybridized carbons (Fsp3) is 0.500. The van der Waals surface area contributed by atoms with E-state index in [0.717, 1.165) is 12.8 Å². The molecule has 3 rings (SSSR count). The highest BCUT2D eigenvalue weighted by Gasteiger charge is 2.35. The van der Waals surface area contributed by atoms with E-state index in [1.165, 1.54) is 4.57 Å². The van der Waals surface area contributed by atoms with Gasteiger partial charge >= 0.3 is 0 Å². The molecule has 1 aliphatic rings. The monoisotopic (exact) mass is 302 g/mol. The van der Waals surface area contributed by atoms with Gasteiger partial charge in [0.25, 0.3) is 14.2 Å². The highest BCUT2D eigenvalue weighted by molar-refractivity contribution is 8.13. The van der Waals surface area contributed by atoms with Crippen LogP contribution in [0.1, 0.15) is 30.5 Å². The van der Waals surface area contributed by atoms with Crippen LogP contribution in [0, 0.1) is 13.8 Å². The van der Waals surface area contributed by atoms with Crippen LogP contribution in [0.2, 0.25) is 0 Å². The van der Waals surface area contributed by atoms with E-state index >= 15 is 0 Å². The van der Waals surface area contributed by atoms with Crippen molar-refractivity contribution in [1.29, 1.82) is 0 Å². The molecule has 7 nitrogen and oxygen atoms in total. The molecule has 0 aromatic carbocycles. The molecule has 9 heteroatoms. The smallest absolute Gasteiger partial charge is 0.296 e. The molecule has 2 heterocycles. The summed E-state index contributed by atoms with van der Waals surface area (Å²) in [5.74, 6) is 1.29. The number of halogens is 1. The van der Waals surface area contributed by atoms with Crippen LogP contribution in [-0.4, -0.2) is 28.2 Å². The Morgan fingerprint density at radius 1 is 1.32 bits per heavy atom. The van der Waals surface area contributed by atoms with Crippen molar-refractivity contribution in [2.75, 3.05) is 0 Å². The lowest BCUT2D eigenvalue weighted by Gasteiger charge is -2.05. The van der Waals surface area contributed by atoms with Gasteiger partial charge in [-0.15, -0.1) is 10.2 Å². The van der Waals surface area contributed by atoms with E-state index < -0.39 is 9.05 Å². The lowest BCUT2D eigenvalue weighted by Crippen LogP contribution is -2.06. The number of rotatable bonds is 3. The van der Waals surface area contributed by atoms with Crippen molar-refractivity contribution >= 4 is 19.7 Å². The lowest BCUT2D eigenvalue weighted by atomic mass is 10.3. The van der Waals surface area contributed by atoms with Crippen LogP contribution in [0.15, 0.2) is 9.57 Å². The molecule has 102 valence electrons. The van der Waals surface area contributed by atoms with Gasteiger partial charge in [0.1, 0.15) is 0 Å². The molecule has 19 heavy (non-hydrogen) atoms. The number of aryl methyl sites for hydroxylation is 2. The molecule has 2 aromatic rings. The molecule has 0 bridgehead atoms. The van der Waals surface area contributed by atoms with Gasteiger partial charge in [-0.05, 0) is 19.8 Å². The van der Waals surface area contributed by atoms with Crippen molar-refractivity contribution in [1.82, 2.24) is 19.7 Å². The van der Waals surface area contributed by atoms with E-state index in [9.17, 15) is 8.42 Å². The summed E-state index contributed by atoms with van der Waals surface area (Å²) in [6.45, 7) is 3.49. The molecule has 0 amide bonds. The van der Waals surface area contributed by atoms with Gasteiger partial charge in [-0.25, -0.2) is 13.4 Å². The first-order valence-electron chi connectivity index (χ1n) is 5.72. The van der Waals surface area contributed by atoms with Crippen molar-refractivity contribution in [2.45, 2.75) is 37.9 Å². The average molecular weight is 303 g/mol. The van der Waals surface area contributed by atoms with Gasteiger partial charge in [0, 0.05) is 23.6 Å². The Morgan fingerprint density at radius 2 is 2.00 bits per heavy atom. The SMILES string of the molecule is Cc1nc(C)c(-c2nnc(S(=O)(=O)Cl)n2C2CC2)o1. The summed E-state index contributed by atoms with van der Waals surface area (Å²) in [5.41, 5.74) is 0.644. The number of hydrogen-bond donors (Lipinski definition) is 0. The van der Waals surface area contributed by atoms with Crippen LogP contribution in [-0.2, 0) is 9.05 Å². The van der Waals surface area contributed by atoms with Crippen molar-refractivity contribution in [2.24, 2.45) is 0 Å². The largest absolute Gasteiger partial charge is 0.437 e. The molecule has 1 aliphatic carbocycles. The van der Waals surface area contributed by atoms with Gasteiger partial charge in [0.15, 0.2) is 11.7 Å². The third-order valence-corrected chi connectivity index (χ3v) is 4.03. The zero-order valence-corrected chi connectivity index (χ0v) is 11.9. The minimum Gasteiger partial charge on any atom is -0.437 e. The highest BCUT2D eigenvalue weighted by atomic mass is 35.7. The normalized spacial score (nSPS) is 15.9. The summed E-state index contributed by atoms with van der Waals surface area (Å²) in [6.07, 6.45) is 1.74. The second-order valence-electron chi connectivity index (χ2n) is 4.49. The fourth-order valence-corrected chi connectivity index (χ4v) is 2.92. The maximum absolute atomic E-state index is 11.5. The van der Waals surface area contributed by atoms with Crippen molar-refractivity contribution < 1.29 is 12.8 Å². The van der Waals surface area contributed by atoms with E-state index in [0.29, 0.717) is 23.2 Å². The van der Waals surface area contributed by atoms with Crippen LogP contribution < -0.4 is 0 Å². The quantitative estimate of drug-likeness (QED) is 0.803. The predicted molar refractivity (Wildman–Crippen MR) is 66.3 cm³/mol. The fourth-order valence-electron chi connectivity index (χ4n) is 2.00. The topological polar surface area (TPSA) is 90.9 Å². The predicted octanol–water partition coefficient (Wildman–Crippen LogP) is 1.81. The Bertz CT molecular complexity index is 745. The number of oxazole rings is 1. The molecule has 2 aromatic heterocycles. The van der Waals surface area contributed by atoms with Crippen LogP contribution in [0.5, 0.6) is 0 Å². The molecule has 1 fully saturated rings. The highest BCUT2D eigenvalue weighted by Crippen LogP contribution is 2.40. The summed E-state index contributed by atoms with van der Waals surface area (Å²) < 4.78 is 30.0. The minimum atomic E-state index is -3.93. The van der Waals surface area contributed by atoms with Crippen molar-refractivity contribution in [3.05, 3.63) is 11.6 Å². The first kappa shape index (κ1) is 12.6. The third kappa shape index (κ3) is 2.14. The van der Waals surface area contributed by atoms with Gasteiger partial charge < -0.3 is 4.42 Å². The molecule has 0 atom stereocenters. The molecule has 0 unspecified atom stereocenters. The Morgan fingerprint density at radius 3 is 2.47 bits per heavy atom. The molecule has 0 radical (unpaired) electrons. The Balaban J connectivity index is 2.23. The van der Waals surface area contributed by atoms with E-state index in [1.807, 2.05) is 0 Å². The molecular formula is C10H11ClN4O3S. The van der Waals surface area contributed by atoms with Crippen LogP contribution in [0.4, 0.5) is 0 Å². The average Bonchev–Trinajstić information content (AvgIpc) is 2.93. The second-order valence-corrected chi connectivity index (χ2v) is 6.95. The third-order valence-electron chi connectivity index (χ3n) is 2.90. The molecule has 0 saturated heterocycles. The molecular weight excluding hydrogens is 292 g/mol. The summed E-state index contributed by atoms with van der Waals surface area (Å²) in [6, 6.07) is 0.0540. The Hall–Kier alpha value is -1.41. The first-order valence-corrected chi connectivity index (χ1v) is 8.03. The first-order chi connectivity index (χ1) is 8.88. The summed E-state index contributed by atoms with van der Waals surface area (Å²) in [7, 11) is 1.45. The van der Waals surface area contributed by atoms with E-state index in [-0.39, 0.29) is 11.2 Å². The van der Waals surface area contributed by atoms with Crippen LogP contribution in [0.25, 0.3) is 11.6 Å². The molecule has 1 saturated carbocycles. The van der Waals surface area contributed by atoms with Crippen molar-refractivity contribution in [3.8, 4) is 11.6 Å². The van der Waals surface area contributed by atoms with Crippen LogP contribution in [0.3, 0.4) is 0 Å². The van der Waals surface area contributed by atoms with E-state index in [4.69, 9.17) is 15.1 Å². The van der Waals surface area contributed by atoms with Gasteiger partial charge in [-0.3, -0.25) is 4.57 Å². The number of hydrogen-bond acceptors (Lipinski definition) is 6. The lowest BCUT2D eigenvalue weighted by molar-refractivity contribution is 0.522. The van der Waals surface area contributed by atoms with Crippen LogP contribution >= 0.6 is 10.7 Å². The standard InChI is InChI=1S/C10H11ClN4O3S/c1-5-8(18-6(2)12-5)9-13-14-10(19(11,16)17)15(9)7-3-4-7/h7H,3-4H2,1-2H3. The Kier molecular flexibility index (Phi) is 2.68. The summed E-state index contributed by atoms with van der Waals surface area (Å²) >= 11 is 0. The van der Waals surface area contributed by atoms with Gasteiger partial charge in [-0.2, -0.15) is 0 Å². The number of nitrogens with zero attached hydrogens (tertiary/aromatic N) is 4. The minimum absolute atomic E-state index is 0.0540. The zero-order valence-electron chi connectivity index (χ0n) is 10.3. The maximum Gasteiger partial charge on any atom is 0.296 e. The van der Waals surface area contributed by atoms with Crippen molar-refractivity contribution in [3.63, 3.8) is 0 Å². The number of aromatic nitrogens is 4. The summed E-state index contributed by atoms with van der Waals surface area (Å²) in [4.78, 5) is 4.15. The molecule has 0 spiro atoms. The van der Waals surface area contributed by atoms with Gasteiger partial charge in [-0.1, -0.05) is 0 Å². The molecule has 0 N–H and O–H groups in total. The zero-order chi connectivity index (χ0) is 13.8. The van der Waals surface area contributed by atoms with Gasteiger partial charge in [0.05, 0.1) is 5.69 Å². The van der Waals surface area contributed by atoms with E-state index in [2.05, 4.69) is 15.2 Å². The van der Waals surface area contributed by atoms with E-state index in [1.54, 1.807) is 13.8 Å². The maximum atomic E-state index is 11.5. The summed E-state index contributed by atoms with van der Waals surface area (Å²) in [5, 5.41) is 7.35. The molecule has 0 aliphatic heterocycles. The Labute approximate surface area is 114 Å².